The number of halogens is 3. The van der Waals surface area contributed by atoms with Gasteiger partial charge in [0, 0.05) is 36.1 Å². The van der Waals surface area contributed by atoms with Gasteiger partial charge in [-0.15, -0.1) is 13.2 Å². The van der Waals surface area contributed by atoms with Gasteiger partial charge in [-0.25, -0.2) is 4.99 Å². The number of amides is 1. The summed E-state index contributed by atoms with van der Waals surface area (Å²) in [7, 11) is 1.42. The van der Waals surface area contributed by atoms with Crippen LogP contribution in [0.5, 0.6) is 17.2 Å². The van der Waals surface area contributed by atoms with Crippen molar-refractivity contribution in [2.24, 2.45) is 10.7 Å². The molecule has 4 rings (SSSR count). The summed E-state index contributed by atoms with van der Waals surface area (Å²) in [5.41, 5.74) is 8.44. The molecule has 10 heteroatoms. The molecule has 1 unspecified atom stereocenters. The summed E-state index contributed by atoms with van der Waals surface area (Å²) in [6.07, 6.45) is -1.05. The molecule has 0 saturated heterocycles. The summed E-state index contributed by atoms with van der Waals surface area (Å²) in [6.45, 7) is 0. The first kappa shape index (κ1) is 21.2. The molecule has 3 aromatic rings. The van der Waals surface area contributed by atoms with Crippen LogP contribution in [0.25, 0.3) is 11.1 Å². The number of aromatic nitrogens is 1. The van der Waals surface area contributed by atoms with E-state index in [0.717, 1.165) is 22.1 Å². The Hall–Kier alpha value is -4.08. The number of fused-ring (bicyclic) bond motifs is 2. The first-order valence-electron chi connectivity index (χ1n) is 9.38. The SMILES string of the molecule is CN(C=O)/C(N)=N\C1c2cc(OC(F)(F)F)ccc2Oc2ccc(-c3cccnc3)cc21. The second-order valence-corrected chi connectivity index (χ2v) is 6.95. The Morgan fingerprint density at radius 2 is 1.88 bits per heavy atom. The van der Waals surface area contributed by atoms with E-state index in [9.17, 15) is 18.0 Å². The highest BCUT2D eigenvalue weighted by atomic mass is 19.4. The van der Waals surface area contributed by atoms with E-state index in [1.54, 1.807) is 30.6 Å². The molecular weight excluding hydrogens is 425 g/mol. The highest BCUT2D eigenvalue weighted by Crippen LogP contribution is 2.47. The van der Waals surface area contributed by atoms with Gasteiger partial charge in [-0.1, -0.05) is 12.1 Å². The number of alkyl halides is 3. The molecule has 1 aliphatic rings. The predicted molar refractivity (Wildman–Crippen MR) is 110 cm³/mol. The smallest absolute Gasteiger partial charge is 0.457 e. The van der Waals surface area contributed by atoms with Crippen LogP contribution in [0.15, 0.2) is 65.9 Å². The maximum Gasteiger partial charge on any atom is 0.573 e. The predicted octanol–water partition coefficient (Wildman–Crippen LogP) is 4.25. The lowest BCUT2D eigenvalue weighted by atomic mass is 9.92. The number of benzene rings is 2. The number of nitrogens with two attached hydrogens (primary N) is 1. The lowest BCUT2D eigenvalue weighted by Gasteiger charge is -2.27. The number of nitrogens with zero attached hydrogens (tertiary/aromatic N) is 3. The molecule has 2 N–H and O–H groups in total. The van der Waals surface area contributed by atoms with Gasteiger partial charge < -0.3 is 15.2 Å². The number of aliphatic imine (C=N–C) groups is 1. The molecule has 0 fully saturated rings. The van der Waals surface area contributed by atoms with Crippen LogP contribution in [0.2, 0.25) is 0 Å². The van der Waals surface area contributed by atoms with Crippen molar-refractivity contribution in [2.75, 3.05) is 7.05 Å². The monoisotopic (exact) mass is 442 g/mol. The minimum Gasteiger partial charge on any atom is -0.457 e. The van der Waals surface area contributed by atoms with Gasteiger partial charge in [0.2, 0.25) is 6.41 Å². The van der Waals surface area contributed by atoms with Gasteiger partial charge in [-0.05, 0) is 42.0 Å². The zero-order valence-corrected chi connectivity index (χ0v) is 16.7. The van der Waals surface area contributed by atoms with Crippen LogP contribution in [0, 0.1) is 0 Å². The van der Waals surface area contributed by atoms with Crippen molar-refractivity contribution in [3.05, 3.63) is 72.1 Å². The van der Waals surface area contributed by atoms with Gasteiger partial charge in [-0.2, -0.15) is 0 Å². The van der Waals surface area contributed by atoms with E-state index in [4.69, 9.17) is 10.5 Å². The molecule has 32 heavy (non-hydrogen) atoms. The van der Waals surface area contributed by atoms with E-state index in [1.165, 1.54) is 19.2 Å². The zero-order chi connectivity index (χ0) is 22.9. The van der Waals surface area contributed by atoms with Crippen molar-refractivity contribution >= 4 is 12.4 Å². The Morgan fingerprint density at radius 3 is 2.53 bits per heavy atom. The number of ether oxygens (including phenoxy) is 2. The molecule has 2 aromatic carbocycles. The lowest BCUT2D eigenvalue weighted by Crippen LogP contribution is -2.33. The van der Waals surface area contributed by atoms with Crippen molar-refractivity contribution in [3.8, 4) is 28.4 Å². The highest BCUT2D eigenvalue weighted by Gasteiger charge is 2.33. The van der Waals surface area contributed by atoms with Gasteiger partial charge in [-0.3, -0.25) is 14.7 Å². The quantitative estimate of drug-likeness (QED) is 0.371. The maximum atomic E-state index is 12.8. The second-order valence-electron chi connectivity index (χ2n) is 6.95. The fourth-order valence-electron chi connectivity index (χ4n) is 3.30. The molecule has 2 heterocycles. The van der Waals surface area contributed by atoms with E-state index in [-0.39, 0.29) is 5.96 Å². The number of carbonyl (C=O) groups excluding carboxylic acids is 1. The van der Waals surface area contributed by atoms with Crippen LogP contribution >= 0.6 is 0 Å². The number of carbonyl (C=O) groups is 1. The van der Waals surface area contributed by atoms with Crippen LogP contribution in [0.3, 0.4) is 0 Å². The third kappa shape index (κ3) is 4.34. The minimum absolute atomic E-state index is 0.113. The number of guanidine groups is 1. The third-order valence-corrected chi connectivity index (χ3v) is 4.81. The highest BCUT2D eigenvalue weighted by molar-refractivity contribution is 5.87. The van der Waals surface area contributed by atoms with Crippen molar-refractivity contribution in [1.82, 2.24) is 9.88 Å². The molecule has 7 nitrogen and oxygen atoms in total. The first-order chi connectivity index (χ1) is 15.2. The molecule has 0 aliphatic carbocycles. The molecule has 1 amide bonds. The van der Waals surface area contributed by atoms with Gasteiger partial charge in [0.15, 0.2) is 5.96 Å². The van der Waals surface area contributed by atoms with E-state index < -0.39 is 18.2 Å². The summed E-state index contributed by atoms with van der Waals surface area (Å²) >= 11 is 0. The van der Waals surface area contributed by atoms with Crippen LogP contribution in [-0.4, -0.2) is 35.7 Å². The van der Waals surface area contributed by atoms with Crippen molar-refractivity contribution in [3.63, 3.8) is 0 Å². The molecule has 0 spiro atoms. The number of hydrogen-bond acceptors (Lipinski definition) is 5. The Kier molecular flexibility index (Phi) is 5.43. The molecule has 0 bridgehead atoms. The van der Waals surface area contributed by atoms with Gasteiger partial charge in [0.25, 0.3) is 0 Å². The van der Waals surface area contributed by atoms with Crippen molar-refractivity contribution in [1.29, 1.82) is 0 Å². The Balaban J connectivity index is 1.86. The van der Waals surface area contributed by atoms with Crippen LogP contribution in [0.1, 0.15) is 17.2 Å². The van der Waals surface area contributed by atoms with E-state index in [1.807, 2.05) is 12.1 Å². The van der Waals surface area contributed by atoms with Crippen LogP contribution < -0.4 is 15.2 Å². The van der Waals surface area contributed by atoms with Crippen LogP contribution in [-0.2, 0) is 4.79 Å². The number of pyridine rings is 1. The normalized spacial score (nSPS) is 15.2. The van der Waals surface area contributed by atoms with E-state index in [0.29, 0.717) is 29.0 Å². The average molecular weight is 442 g/mol. The summed E-state index contributed by atoms with van der Waals surface area (Å²) in [6, 6.07) is 11.9. The fourth-order valence-corrected chi connectivity index (χ4v) is 3.30. The van der Waals surface area contributed by atoms with Gasteiger partial charge in [0.1, 0.15) is 23.3 Å². The fraction of sp³-hybridized carbons (Fsp3) is 0.136. The van der Waals surface area contributed by atoms with Crippen LogP contribution in [0.4, 0.5) is 13.2 Å². The Bertz CT molecular complexity index is 1180. The Morgan fingerprint density at radius 1 is 1.16 bits per heavy atom. The number of hydrogen-bond donors (Lipinski definition) is 1. The van der Waals surface area contributed by atoms with E-state index >= 15 is 0 Å². The Labute approximate surface area is 180 Å². The lowest BCUT2D eigenvalue weighted by molar-refractivity contribution is -0.274. The molecule has 0 saturated carbocycles. The zero-order valence-electron chi connectivity index (χ0n) is 16.7. The largest absolute Gasteiger partial charge is 0.573 e. The maximum absolute atomic E-state index is 12.8. The molecular formula is C22H17F3N4O3. The standard InChI is InChI=1S/C22H17F3N4O3/c1-29(12-30)21(26)28-20-16-9-13(14-3-2-8-27-11-14)4-6-18(16)31-19-7-5-15(10-17(19)20)32-22(23,24)25/h2-12,20H,1H3,(H2,26,28). The van der Waals surface area contributed by atoms with Crippen molar-refractivity contribution in [2.45, 2.75) is 12.4 Å². The average Bonchev–Trinajstić information content (AvgIpc) is 2.77. The molecule has 1 atom stereocenters. The summed E-state index contributed by atoms with van der Waals surface area (Å²) < 4.78 is 48.2. The topological polar surface area (TPSA) is 90.0 Å². The van der Waals surface area contributed by atoms with Gasteiger partial charge in [0.05, 0.1) is 0 Å². The summed E-state index contributed by atoms with van der Waals surface area (Å²) in [5.74, 6) is 0.230. The summed E-state index contributed by atoms with van der Waals surface area (Å²) in [4.78, 5) is 20.7. The van der Waals surface area contributed by atoms with E-state index in [2.05, 4.69) is 14.7 Å². The van der Waals surface area contributed by atoms with Crippen molar-refractivity contribution < 1.29 is 27.4 Å². The number of rotatable bonds is 4. The molecule has 1 aliphatic heterocycles. The molecule has 0 radical (unpaired) electrons. The first-order valence-corrected chi connectivity index (χ1v) is 9.38. The molecule has 1 aromatic heterocycles. The molecule has 164 valence electrons. The van der Waals surface area contributed by atoms with Gasteiger partial charge >= 0.3 is 6.36 Å². The summed E-state index contributed by atoms with van der Waals surface area (Å²) in [5, 5.41) is 0. The minimum atomic E-state index is -4.86. The second kappa shape index (κ2) is 8.22. The third-order valence-electron chi connectivity index (χ3n) is 4.81.